The van der Waals surface area contributed by atoms with Crippen LogP contribution in [-0.4, -0.2) is 152 Å². The maximum atomic E-state index is 12.8. The van der Waals surface area contributed by atoms with Gasteiger partial charge in [0.15, 0.2) is 0 Å². The number of hydrogen-bond donors (Lipinski definition) is 3. The normalized spacial score (nSPS) is 23.7. The van der Waals surface area contributed by atoms with Crippen molar-refractivity contribution < 1.29 is 22.8 Å². The van der Waals surface area contributed by atoms with Crippen molar-refractivity contribution in [3.8, 4) is 0 Å². The first-order valence-corrected chi connectivity index (χ1v) is 23.3. The molecule has 0 spiro atoms. The molecule has 3 saturated heterocycles. The average molecular weight is 869 g/mol. The van der Waals surface area contributed by atoms with Crippen LogP contribution in [0.1, 0.15) is 55.5 Å². The number of carbonyl (C=O) groups excluding carboxylic acids is 3. The number of nitrogens with one attached hydrogen (secondary N) is 3. The number of likely N-dealkylation sites (N-methyl/N-ethyl adjacent to an activating group) is 3. The molecule has 0 radical (unpaired) electrons. The number of halogens is 1. The van der Waals surface area contributed by atoms with E-state index in [0.717, 1.165) is 55.1 Å². The number of carbonyl (C=O) groups is 3. The Morgan fingerprint density at radius 2 is 1.36 bits per heavy atom. The van der Waals surface area contributed by atoms with Crippen molar-refractivity contribution in [1.82, 2.24) is 40.0 Å². The summed E-state index contributed by atoms with van der Waals surface area (Å²) < 4.78 is 24.9. The summed E-state index contributed by atoms with van der Waals surface area (Å²) in [5.41, 5.74) is 2.69. The van der Waals surface area contributed by atoms with E-state index >= 15 is 0 Å². The van der Waals surface area contributed by atoms with Crippen molar-refractivity contribution >= 4 is 68.5 Å². The predicted molar refractivity (Wildman–Crippen MR) is 229 cm³/mol. The minimum absolute atomic E-state index is 0.0264. The van der Waals surface area contributed by atoms with E-state index in [1.165, 1.54) is 5.56 Å². The van der Waals surface area contributed by atoms with E-state index in [0.29, 0.717) is 85.8 Å². The molecule has 5 aliphatic heterocycles. The van der Waals surface area contributed by atoms with Crippen LogP contribution in [0.15, 0.2) is 40.1 Å². The second-order valence-electron chi connectivity index (χ2n) is 16.3. The number of piperidine rings is 3. The lowest BCUT2D eigenvalue weighted by atomic mass is 9.72. The Morgan fingerprint density at radius 3 is 1.90 bits per heavy atom. The number of nitrogens with zero attached hydrogens (tertiary/aromatic N) is 8. The summed E-state index contributed by atoms with van der Waals surface area (Å²) in [5.74, 6) is 3.33. The van der Waals surface area contributed by atoms with Gasteiger partial charge in [-0.25, -0.2) is 9.97 Å². The van der Waals surface area contributed by atoms with Crippen LogP contribution < -0.4 is 20.9 Å². The quantitative estimate of drug-likeness (QED) is 0.252. The molecule has 318 valence electrons. The average Bonchev–Trinajstić information content (AvgIpc) is 3.78. The molecule has 2 aromatic heterocycles. The van der Waals surface area contributed by atoms with Gasteiger partial charge in [0.2, 0.25) is 29.0 Å². The van der Waals surface area contributed by atoms with Crippen molar-refractivity contribution in [2.24, 2.45) is 0 Å². The Kier molecular flexibility index (Phi) is 13.5. The van der Waals surface area contributed by atoms with Gasteiger partial charge in [-0.2, -0.15) is 9.97 Å². The fourth-order valence-electron chi connectivity index (χ4n) is 8.44. The first-order valence-electron chi connectivity index (χ1n) is 20.3. The van der Waals surface area contributed by atoms with Crippen LogP contribution in [0.25, 0.3) is 0 Å². The van der Waals surface area contributed by atoms with Crippen LogP contribution in [0.2, 0.25) is 5.28 Å². The molecule has 0 aliphatic carbocycles. The van der Waals surface area contributed by atoms with Gasteiger partial charge in [0.25, 0.3) is 0 Å². The van der Waals surface area contributed by atoms with Gasteiger partial charge in [0.1, 0.15) is 21.4 Å². The largest absolute Gasteiger partial charge is 0.364 e. The maximum absolute atomic E-state index is 12.8. The number of benzene rings is 1. The van der Waals surface area contributed by atoms with Crippen LogP contribution >= 0.6 is 11.6 Å². The van der Waals surface area contributed by atoms with E-state index < -0.39 is 21.6 Å². The van der Waals surface area contributed by atoms with Crippen LogP contribution in [0, 0.1) is 0 Å². The van der Waals surface area contributed by atoms with E-state index in [2.05, 4.69) is 55.1 Å². The number of anilines is 3. The standard InChI is InChI=1S/C28H39N7O3S.C12H15ClN4O2S/c1-33(2)18-23(36)29-19-28(20-7-5-4-6-8-20)12-14-35(15-13-28)27-31-22-11-16-39(38)25(22)26(32-27)30-21-9-10-24(37)34(3)17-21;1-17-6-7(2-3-9(17)18)14-11-10-8(4-5-20(10)19)15-12(13)16-11/h4-8,21H,9-19H2,1-3H3,(H,29,36)(H,30,31,32);7H,2-6H2,1H3,(H,14,15,16)/t21-,39?;7-,20?/m00/s1. The maximum Gasteiger partial charge on any atom is 0.234 e. The molecule has 3 N–H and O–H groups in total. The van der Waals surface area contributed by atoms with Crippen molar-refractivity contribution in [3.05, 3.63) is 52.6 Å². The molecular formula is C40H54ClN11O5S2. The highest BCUT2D eigenvalue weighted by Gasteiger charge is 2.38. The molecule has 16 nitrogen and oxygen atoms in total. The van der Waals surface area contributed by atoms with Crippen molar-refractivity contribution in [3.63, 3.8) is 0 Å². The van der Waals surface area contributed by atoms with E-state index in [9.17, 15) is 22.8 Å². The molecule has 3 aromatic rings. The van der Waals surface area contributed by atoms with Crippen molar-refractivity contribution in [1.29, 1.82) is 0 Å². The number of likely N-dealkylation sites (tertiary alicyclic amines) is 2. The molecule has 4 atom stereocenters. The number of aryl methyl sites for hydroxylation is 2. The first kappa shape index (κ1) is 42.8. The number of hydrogen-bond acceptors (Lipinski definition) is 13. The van der Waals surface area contributed by atoms with E-state index in [1.54, 1.807) is 16.8 Å². The lowest BCUT2D eigenvalue weighted by Crippen LogP contribution is -2.50. The summed E-state index contributed by atoms with van der Waals surface area (Å²) in [7, 11) is 5.21. The zero-order valence-corrected chi connectivity index (χ0v) is 36.6. The summed E-state index contributed by atoms with van der Waals surface area (Å²) in [4.78, 5) is 63.0. The summed E-state index contributed by atoms with van der Waals surface area (Å²) in [6.45, 7) is 3.66. The second kappa shape index (κ2) is 18.6. The Balaban J connectivity index is 0.000000221. The third-order valence-corrected chi connectivity index (χ3v) is 14.8. The summed E-state index contributed by atoms with van der Waals surface area (Å²) in [6.07, 6.45) is 5.53. The molecule has 3 fully saturated rings. The molecule has 3 amide bonds. The van der Waals surface area contributed by atoms with Gasteiger partial charge in [0.05, 0.1) is 39.5 Å². The smallest absolute Gasteiger partial charge is 0.234 e. The lowest BCUT2D eigenvalue weighted by molar-refractivity contribution is -0.132. The van der Waals surface area contributed by atoms with Gasteiger partial charge in [-0.05, 0) is 56.9 Å². The molecule has 0 saturated carbocycles. The summed E-state index contributed by atoms with van der Waals surface area (Å²) >= 11 is 5.92. The number of amides is 3. The van der Waals surface area contributed by atoms with Crippen molar-refractivity contribution in [2.75, 3.05) is 94.5 Å². The van der Waals surface area contributed by atoms with Crippen LogP contribution in [0.4, 0.5) is 17.6 Å². The van der Waals surface area contributed by atoms with Gasteiger partial charge in [-0.3, -0.25) is 22.8 Å². The Morgan fingerprint density at radius 1 is 0.814 bits per heavy atom. The molecule has 59 heavy (non-hydrogen) atoms. The summed E-state index contributed by atoms with van der Waals surface area (Å²) in [5, 5.41) is 10.1. The van der Waals surface area contributed by atoms with Crippen LogP contribution in [-0.2, 0) is 54.2 Å². The fourth-order valence-corrected chi connectivity index (χ4v) is 11.3. The van der Waals surface area contributed by atoms with Crippen LogP contribution in [0.3, 0.4) is 0 Å². The van der Waals surface area contributed by atoms with Gasteiger partial charge in [-0.15, -0.1) is 0 Å². The highest BCUT2D eigenvalue weighted by atomic mass is 35.5. The lowest BCUT2D eigenvalue weighted by Gasteiger charge is -2.42. The summed E-state index contributed by atoms with van der Waals surface area (Å²) in [6, 6.07) is 10.6. The minimum Gasteiger partial charge on any atom is -0.364 e. The fraction of sp³-hybridized carbons (Fsp3) is 0.575. The first-order chi connectivity index (χ1) is 28.3. The topological polar surface area (TPSA) is 186 Å². The van der Waals surface area contributed by atoms with E-state index in [-0.39, 0.29) is 40.5 Å². The molecule has 2 unspecified atom stereocenters. The highest BCUT2D eigenvalue weighted by molar-refractivity contribution is 7.85. The predicted octanol–water partition coefficient (Wildman–Crippen LogP) is 2.22. The molecule has 8 rings (SSSR count). The zero-order chi connectivity index (χ0) is 41.8. The van der Waals surface area contributed by atoms with Crippen molar-refractivity contribution in [2.45, 2.75) is 78.7 Å². The number of fused-ring (bicyclic) bond motifs is 2. The van der Waals surface area contributed by atoms with Gasteiger partial charge in [-0.1, -0.05) is 30.3 Å². The Hall–Kier alpha value is -4.26. The highest BCUT2D eigenvalue weighted by Crippen LogP contribution is 2.38. The van der Waals surface area contributed by atoms with Gasteiger partial charge >= 0.3 is 0 Å². The third-order valence-electron chi connectivity index (χ3n) is 11.7. The molecule has 1 aromatic carbocycles. The number of rotatable bonds is 10. The molecular weight excluding hydrogens is 814 g/mol. The molecule has 7 heterocycles. The second-order valence-corrected chi connectivity index (χ2v) is 19.7. The molecule has 0 bridgehead atoms. The Bertz CT molecular complexity index is 2100. The van der Waals surface area contributed by atoms with Gasteiger partial charge in [0, 0.05) is 102 Å². The minimum atomic E-state index is -1.12. The monoisotopic (exact) mass is 867 g/mol. The van der Waals surface area contributed by atoms with Gasteiger partial charge < -0.3 is 35.6 Å². The zero-order valence-electron chi connectivity index (χ0n) is 34.2. The molecule has 5 aliphatic rings. The Labute approximate surface area is 355 Å². The van der Waals surface area contributed by atoms with E-state index in [1.807, 2.05) is 32.1 Å². The molecule has 19 heteroatoms. The third kappa shape index (κ3) is 10.0. The van der Waals surface area contributed by atoms with Crippen LogP contribution in [0.5, 0.6) is 0 Å². The SMILES string of the molecule is CN(C)CC(=O)NCC1(c2ccccc2)CCN(c2nc3c(c(N[C@H]4CCC(=O)N(C)C4)n2)S(=O)CC3)CC1.CN1C[C@@H](Nc2nc(Cl)nc3c2S(=O)CC3)CCC1=O. The van der Waals surface area contributed by atoms with E-state index in [4.69, 9.17) is 21.6 Å². The number of aromatic nitrogens is 4.